The average Bonchev–Trinajstić information content (AvgIpc) is 3.27. The zero-order chi connectivity index (χ0) is 15.9. The molecule has 120 valence electrons. The second-order valence-corrected chi connectivity index (χ2v) is 6.58. The van der Waals surface area contributed by atoms with Gasteiger partial charge in [0.25, 0.3) is 0 Å². The maximum absolute atomic E-state index is 5.09. The van der Waals surface area contributed by atoms with Crippen LogP contribution in [-0.2, 0) is 0 Å². The monoisotopic (exact) mass is 317 g/mol. The van der Waals surface area contributed by atoms with Crippen molar-refractivity contribution in [2.45, 2.75) is 38.0 Å². The SMILES string of the molecule is c1cc(-c2nc(C3CCCCC3)n3c2cnc2[nH]ccc23)ccn1. The third-order valence-electron chi connectivity index (χ3n) is 5.12. The van der Waals surface area contributed by atoms with Gasteiger partial charge < -0.3 is 4.98 Å². The van der Waals surface area contributed by atoms with Crippen molar-refractivity contribution in [3.05, 3.63) is 48.8 Å². The first-order chi connectivity index (χ1) is 11.9. The van der Waals surface area contributed by atoms with Gasteiger partial charge in [-0.05, 0) is 31.0 Å². The minimum atomic E-state index is 0.530. The van der Waals surface area contributed by atoms with E-state index in [2.05, 4.69) is 25.4 Å². The number of aromatic amines is 1. The van der Waals surface area contributed by atoms with Crippen molar-refractivity contribution in [3.63, 3.8) is 0 Å². The highest BCUT2D eigenvalue weighted by molar-refractivity contribution is 5.84. The molecule has 0 amide bonds. The number of aromatic nitrogens is 5. The maximum Gasteiger partial charge on any atom is 0.154 e. The van der Waals surface area contributed by atoms with Gasteiger partial charge in [0.15, 0.2) is 5.65 Å². The highest BCUT2D eigenvalue weighted by atomic mass is 15.1. The molecule has 0 unspecified atom stereocenters. The molecule has 0 spiro atoms. The van der Waals surface area contributed by atoms with Gasteiger partial charge in [0, 0.05) is 30.1 Å². The molecule has 24 heavy (non-hydrogen) atoms. The molecule has 0 aromatic carbocycles. The van der Waals surface area contributed by atoms with Gasteiger partial charge in [0.2, 0.25) is 0 Å². The Kier molecular flexibility index (Phi) is 3.11. The maximum atomic E-state index is 5.09. The van der Waals surface area contributed by atoms with Crippen molar-refractivity contribution in [2.75, 3.05) is 0 Å². The van der Waals surface area contributed by atoms with Crippen molar-refractivity contribution >= 4 is 16.7 Å². The standard InChI is InChI=1S/C19H19N5/c1-2-4-14(5-3-1)19-23-17(13-6-9-20-10-7-13)16-12-22-18-15(24(16)19)8-11-21-18/h6-12,14,21H,1-5H2. The van der Waals surface area contributed by atoms with Crippen LogP contribution >= 0.6 is 0 Å². The van der Waals surface area contributed by atoms with E-state index >= 15 is 0 Å². The van der Waals surface area contributed by atoms with Crippen molar-refractivity contribution in [3.8, 4) is 11.3 Å². The van der Waals surface area contributed by atoms with E-state index in [1.165, 1.54) is 37.9 Å². The third kappa shape index (κ3) is 2.04. The molecule has 1 aliphatic rings. The first-order valence-corrected chi connectivity index (χ1v) is 8.66. The average molecular weight is 317 g/mol. The topological polar surface area (TPSA) is 58.9 Å². The Morgan fingerprint density at radius 2 is 1.83 bits per heavy atom. The molecule has 1 aliphatic carbocycles. The second kappa shape index (κ2) is 5.44. The smallest absolute Gasteiger partial charge is 0.154 e. The molecule has 0 aliphatic heterocycles. The van der Waals surface area contributed by atoms with E-state index in [-0.39, 0.29) is 0 Å². The highest BCUT2D eigenvalue weighted by Gasteiger charge is 2.24. The Morgan fingerprint density at radius 1 is 1.00 bits per heavy atom. The largest absolute Gasteiger partial charge is 0.345 e. The summed E-state index contributed by atoms with van der Waals surface area (Å²) < 4.78 is 2.31. The van der Waals surface area contributed by atoms with Gasteiger partial charge in [-0.15, -0.1) is 0 Å². The molecule has 5 nitrogen and oxygen atoms in total. The molecule has 1 saturated carbocycles. The number of fused-ring (bicyclic) bond motifs is 3. The number of hydrogen-bond donors (Lipinski definition) is 1. The van der Waals surface area contributed by atoms with Crippen LogP contribution in [-0.4, -0.2) is 24.3 Å². The number of nitrogens with one attached hydrogen (secondary N) is 1. The van der Waals surface area contributed by atoms with Crippen LogP contribution in [0.4, 0.5) is 0 Å². The molecule has 4 aromatic rings. The fourth-order valence-corrected chi connectivity index (χ4v) is 3.94. The highest BCUT2D eigenvalue weighted by Crippen LogP contribution is 2.36. The summed E-state index contributed by atoms with van der Waals surface area (Å²) in [6.45, 7) is 0. The van der Waals surface area contributed by atoms with Gasteiger partial charge in [-0.1, -0.05) is 19.3 Å². The number of nitrogens with zero attached hydrogens (tertiary/aromatic N) is 4. The predicted octanol–water partition coefficient (Wildman–Crippen LogP) is 4.32. The predicted molar refractivity (Wildman–Crippen MR) is 93.9 cm³/mol. The Labute approximate surface area is 139 Å². The van der Waals surface area contributed by atoms with Crippen LogP contribution in [0.1, 0.15) is 43.8 Å². The Morgan fingerprint density at radius 3 is 2.67 bits per heavy atom. The molecule has 5 rings (SSSR count). The lowest BCUT2D eigenvalue weighted by molar-refractivity contribution is 0.429. The van der Waals surface area contributed by atoms with E-state index in [4.69, 9.17) is 4.98 Å². The Hall–Kier alpha value is -2.69. The van der Waals surface area contributed by atoms with Gasteiger partial charge >= 0.3 is 0 Å². The van der Waals surface area contributed by atoms with Crippen LogP contribution in [0.2, 0.25) is 0 Å². The Balaban J connectivity index is 1.81. The fourth-order valence-electron chi connectivity index (χ4n) is 3.94. The first-order valence-electron chi connectivity index (χ1n) is 8.66. The molecule has 4 aromatic heterocycles. The lowest BCUT2D eigenvalue weighted by Crippen LogP contribution is -2.09. The third-order valence-corrected chi connectivity index (χ3v) is 5.12. The quantitative estimate of drug-likeness (QED) is 0.599. The summed E-state index contributed by atoms with van der Waals surface area (Å²) in [5.74, 6) is 1.71. The van der Waals surface area contributed by atoms with E-state index in [9.17, 15) is 0 Å². The van der Waals surface area contributed by atoms with Gasteiger partial charge in [0.05, 0.1) is 22.9 Å². The second-order valence-electron chi connectivity index (χ2n) is 6.58. The van der Waals surface area contributed by atoms with E-state index in [1.807, 2.05) is 36.9 Å². The summed E-state index contributed by atoms with van der Waals surface area (Å²) in [4.78, 5) is 17.0. The van der Waals surface area contributed by atoms with Crippen molar-refractivity contribution < 1.29 is 0 Å². The van der Waals surface area contributed by atoms with Crippen LogP contribution in [0, 0.1) is 0 Å². The van der Waals surface area contributed by atoms with E-state index < -0.39 is 0 Å². The summed E-state index contributed by atoms with van der Waals surface area (Å²) >= 11 is 0. The molecular weight excluding hydrogens is 298 g/mol. The molecule has 1 N–H and O–H groups in total. The molecular formula is C19H19N5. The fraction of sp³-hybridized carbons (Fsp3) is 0.316. The number of hydrogen-bond acceptors (Lipinski definition) is 3. The minimum absolute atomic E-state index is 0.530. The van der Waals surface area contributed by atoms with Crippen molar-refractivity contribution in [1.29, 1.82) is 0 Å². The van der Waals surface area contributed by atoms with Crippen LogP contribution in [0.5, 0.6) is 0 Å². The minimum Gasteiger partial charge on any atom is -0.345 e. The molecule has 5 heteroatoms. The molecule has 0 atom stereocenters. The molecule has 0 saturated heterocycles. The van der Waals surface area contributed by atoms with E-state index in [1.54, 1.807) is 0 Å². The van der Waals surface area contributed by atoms with Gasteiger partial charge in [-0.3, -0.25) is 9.38 Å². The van der Waals surface area contributed by atoms with Crippen LogP contribution in [0.15, 0.2) is 43.0 Å². The van der Waals surface area contributed by atoms with Gasteiger partial charge in [-0.2, -0.15) is 0 Å². The number of H-pyrrole nitrogens is 1. The lowest BCUT2D eigenvalue weighted by atomic mass is 9.89. The Bertz CT molecular complexity index is 993. The number of pyridine rings is 1. The molecule has 0 bridgehead atoms. The lowest BCUT2D eigenvalue weighted by Gasteiger charge is -2.20. The number of imidazole rings is 1. The first kappa shape index (κ1) is 13.7. The van der Waals surface area contributed by atoms with Crippen molar-refractivity contribution in [1.82, 2.24) is 24.3 Å². The van der Waals surface area contributed by atoms with Crippen LogP contribution in [0.25, 0.3) is 27.9 Å². The van der Waals surface area contributed by atoms with Crippen LogP contribution in [0.3, 0.4) is 0 Å². The van der Waals surface area contributed by atoms with Gasteiger partial charge in [0.1, 0.15) is 5.82 Å². The summed E-state index contributed by atoms with van der Waals surface area (Å²) in [6, 6.07) is 6.14. The van der Waals surface area contributed by atoms with Crippen molar-refractivity contribution in [2.24, 2.45) is 0 Å². The zero-order valence-corrected chi connectivity index (χ0v) is 13.4. The number of rotatable bonds is 2. The molecule has 1 fully saturated rings. The van der Waals surface area contributed by atoms with Crippen LogP contribution < -0.4 is 0 Å². The summed E-state index contributed by atoms with van der Waals surface area (Å²) in [7, 11) is 0. The molecule has 4 heterocycles. The van der Waals surface area contributed by atoms with E-state index in [0.717, 1.165) is 27.9 Å². The van der Waals surface area contributed by atoms with E-state index in [0.29, 0.717) is 5.92 Å². The summed E-state index contributed by atoms with van der Waals surface area (Å²) in [5.41, 5.74) is 5.21. The van der Waals surface area contributed by atoms with Gasteiger partial charge in [-0.25, -0.2) is 9.97 Å². The normalized spacial score (nSPS) is 16.2. The summed E-state index contributed by atoms with van der Waals surface area (Å²) in [5, 5.41) is 0. The summed E-state index contributed by atoms with van der Waals surface area (Å²) in [6.07, 6.45) is 13.9. The zero-order valence-electron chi connectivity index (χ0n) is 13.4. The molecule has 0 radical (unpaired) electrons.